The second kappa shape index (κ2) is 6.62. The van der Waals surface area contributed by atoms with Crippen molar-refractivity contribution in [1.29, 1.82) is 0 Å². The van der Waals surface area contributed by atoms with Crippen molar-refractivity contribution in [3.05, 3.63) is 23.9 Å². The minimum absolute atomic E-state index is 0.0386. The van der Waals surface area contributed by atoms with Gasteiger partial charge in [0.05, 0.1) is 6.26 Å². The van der Waals surface area contributed by atoms with E-state index >= 15 is 0 Å². The van der Waals surface area contributed by atoms with Crippen LogP contribution < -0.4 is 9.62 Å². The van der Waals surface area contributed by atoms with E-state index in [4.69, 9.17) is 0 Å². The number of nitrogens with zero attached hydrogens (tertiary/aromatic N) is 3. The standard InChI is InChI=1S/C14H22N4O3S/c1-17(2)13-10-11(4-7-15-13)14(19)18-8-5-12(6-9-18)16-22(3,20)21/h4,7,10,12,16H,5-6,8-9H2,1-3H3. The van der Waals surface area contributed by atoms with Crippen molar-refractivity contribution in [3.63, 3.8) is 0 Å². The molecule has 0 radical (unpaired) electrons. The largest absolute Gasteiger partial charge is 0.363 e. The number of pyridine rings is 1. The minimum atomic E-state index is -3.20. The van der Waals surface area contributed by atoms with Crippen LogP contribution in [0.5, 0.6) is 0 Å². The average Bonchev–Trinajstić information content (AvgIpc) is 2.46. The van der Waals surface area contributed by atoms with Crippen molar-refractivity contribution in [2.24, 2.45) is 0 Å². The highest BCUT2D eigenvalue weighted by molar-refractivity contribution is 7.88. The van der Waals surface area contributed by atoms with Gasteiger partial charge in [-0.15, -0.1) is 0 Å². The van der Waals surface area contributed by atoms with E-state index in [9.17, 15) is 13.2 Å². The third-order valence-corrected chi connectivity index (χ3v) is 4.38. The van der Waals surface area contributed by atoms with Crippen LogP contribution in [0.1, 0.15) is 23.2 Å². The quantitative estimate of drug-likeness (QED) is 0.860. The zero-order valence-electron chi connectivity index (χ0n) is 13.1. The lowest BCUT2D eigenvalue weighted by atomic mass is 10.1. The Morgan fingerprint density at radius 2 is 2.00 bits per heavy atom. The van der Waals surface area contributed by atoms with Crippen LogP contribution in [0.2, 0.25) is 0 Å². The SMILES string of the molecule is CN(C)c1cc(C(=O)N2CCC(NS(C)(=O)=O)CC2)ccn1. The molecule has 0 saturated carbocycles. The summed E-state index contributed by atoms with van der Waals surface area (Å²) >= 11 is 0. The summed E-state index contributed by atoms with van der Waals surface area (Å²) in [6, 6.07) is 3.38. The molecule has 7 nitrogen and oxygen atoms in total. The van der Waals surface area contributed by atoms with Gasteiger partial charge in [0.15, 0.2) is 0 Å². The maximum Gasteiger partial charge on any atom is 0.254 e. The van der Waals surface area contributed by atoms with Gasteiger partial charge in [-0.25, -0.2) is 18.1 Å². The van der Waals surface area contributed by atoms with Gasteiger partial charge in [0.25, 0.3) is 5.91 Å². The van der Waals surface area contributed by atoms with Gasteiger partial charge in [0, 0.05) is 45.0 Å². The van der Waals surface area contributed by atoms with E-state index in [0.29, 0.717) is 31.5 Å². The first-order chi connectivity index (χ1) is 10.3. The monoisotopic (exact) mass is 326 g/mol. The molecule has 8 heteroatoms. The molecular formula is C14H22N4O3S. The summed E-state index contributed by atoms with van der Waals surface area (Å²) in [5.74, 6) is 0.697. The molecule has 0 aromatic carbocycles. The van der Waals surface area contributed by atoms with Gasteiger partial charge in [-0.3, -0.25) is 4.79 Å². The highest BCUT2D eigenvalue weighted by Gasteiger charge is 2.25. The molecule has 1 aromatic heterocycles. The fourth-order valence-corrected chi connectivity index (χ4v) is 3.32. The predicted octanol–water partition coefficient (Wildman–Crippen LogP) is 0.301. The zero-order chi connectivity index (χ0) is 16.3. The number of piperidine rings is 1. The van der Waals surface area contributed by atoms with Crippen LogP contribution in [0.3, 0.4) is 0 Å². The van der Waals surface area contributed by atoms with Crippen LogP contribution in [0.15, 0.2) is 18.3 Å². The van der Waals surface area contributed by atoms with Gasteiger partial charge in [-0.2, -0.15) is 0 Å². The molecule has 1 saturated heterocycles. The number of likely N-dealkylation sites (tertiary alicyclic amines) is 1. The third-order valence-electron chi connectivity index (χ3n) is 3.61. The van der Waals surface area contributed by atoms with Gasteiger partial charge < -0.3 is 9.80 Å². The van der Waals surface area contributed by atoms with Gasteiger partial charge >= 0.3 is 0 Å². The lowest BCUT2D eigenvalue weighted by Crippen LogP contribution is -2.46. The summed E-state index contributed by atoms with van der Waals surface area (Å²) in [5, 5.41) is 0. The van der Waals surface area contributed by atoms with Gasteiger partial charge in [0.1, 0.15) is 5.82 Å². The second-order valence-corrected chi connectivity index (χ2v) is 7.53. The molecular weight excluding hydrogens is 304 g/mol. The number of amides is 1. The molecule has 1 amide bonds. The van der Waals surface area contributed by atoms with Gasteiger partial charge in [-0.1, -0.05) is 0 Å². The number of hydrogen-bond acceptors (Lipinski definition) is 5. The van der Waals surface area contributed by atoms with E-state index in [1.165, 1.54) is 0 Å². The Labute approximate surface area is 131 Å². The normalized spacial score (nSPS) is 16.6. The van der Waals surface area contributed by atoms with Crippen molar-refractivity contribution < 1.29 is 13.2 Å². The van der Waals surface area contributed by atoms with Crippen LogP contribution >= 0.6 is 0 Å². The summed E-state index contributed by atoms with van der Waals surface area (Å²) in [4.78, 5) is 20.3. The topological polar surface area (TPSA) is 82.6 Å². The fourth-order valence-electron chi connectivity index (χ4n) is 2.48. The molecule has 1 aliphatic rings. The maximum absolute atomic E-state index is 12.5. The minimum Gasteiger partial charge on any atom is -0.363 e. The number of rotatable bonds is 4. The van der Waals surface area contributed by atoms with Crippen LogP contribution in [0, 0.1) is 0 Å². The molecule has 1 aromatic rings. The van der Waals surface area contributed by atoms with E-state index in [1.807, 2.05) is 19.0 Å². The van der Waals surface area contributed by atoms with E-state index < -0.39 is 10.0 Å². The van der Waals surface area contributed by atoms with E-state index in [1.54, 1.807) is 23.2 Å². The Morgan fingerprint density at radius 3 is 2.55 bits per heavy atom. The van der Waals surface area contributed by atoms with E-state index in [0.717, 1.165) is 12.1 Å². The van der Waals surface area contributed by atoms with Crippen molar-refractivity contribution in [3.8, 4) is 0 Å². The van der Waals surface area contributed by atoms with Crippen molar-refractivity contribution in [2.75, 3.05) is 38.3 Å². The molecule has 1 N–H and O–H groups in total. The Kier molecular flexibility index (Phi) is 5.02. The van der Waals surface area contributed by atoms with Crippen molar-refractivity contribution in [2.45, 2.75) is 18.9 Å². The molecule has 0 spiro atoms. The van der Waals surface area contributed by atoms with E-state index in [-0.39, 0.29) is 11.9 Å². The number of hydrogen-bond donors (Lipinski definition) is 1. The first kappa shape index (κ1) is 16.7. The highest BCUT2D eigenvalue weighted by atomic mass is 32.2. The maximum atomic E-state index is 12.5. The zero-order valence-corrected chi connectivity index (χ0v) is 13.9. The van der Waals surface area contributed by atoms with Crippen LogP contribution in [-0.2, 0) is 10.0 Å². The molecule has 122 valence electrons. The van der Waals surface area contributed by atoms with Crippen molar-refractivity contribution in [1.82, 2.24) is 14.6 Å². The average molecular weight is 326 g/mol. The summed E-state index contributed by atoms with van der Waals surface area (Å²) in [6.45, 7) is 1.09. The number of carbonyl (C=O) groups is 1. The smallest absolute Gasteiger partial charge is 0.254 e. The Morgan fingerprint density at radius 1 is 1.36 bits per heavy atom. The van der Waals surface area contributed by atoms with Crippen LogP contribution in [0.4, 0.5) is 5.82 Å². The first-order valence-electron chi connectivity index (χ1n) is 7.16. The number of carbonyl (C=O) groups excluding carboxylic acids is 1. The van der Waals surface area contributed by atoms with Crippen LogP contribution in [-0.4, -0.2) is 63.7 Å². The molecule has 1 aliphatic heterocycles. The molecule has 0 atom stereocenters. The summed E-state index contributed by atoms with van der Waals surface area (Å²) in [5.41, 5.74) is 0.605. The molecule has 0 bridgehead atoms. The number of aromatic nitrogens is 1. The predicted molar refractivity (Wildman–Crippen MR) is 85.5 cm³/mol. The highest BCUT2D eigenvalue weighted by Crippen LogP contribution is 2.16. The summed E-state index contributed by atoms with van der Waals surface area (Å²) < 4.78 is 25.1. The Hall–Kier alpha value is -1.67. The number of anilines is 1. The number of sulfonamides is 1. The first-order valence-corrected chi connectivity index (χ1v) is 9.05. The lowest BCUT2D eigenvalue weighted by molar-refractivity contribution is 0.0711. The summed E-state index contributed by atoms with van der Waals surface area (Å²) in [7, 11) is 0.552. The molecule has 0 unspecified atom stereocenters. The van der Waals surface area contributed by atoms with Crippen LogP contribution in [0.25, 0.3) is 0 Å². The summed E-state index contributed by atoms with van der Waals surface area (Å²) in [6.07, 6.45) is 4.04. The van der Waals surface area contributed by atoms with Gasteiger partial charge in [-0.05, 0) is 25.0 Å². The third kappa shape index (κ3) is 4.41. The Bertz CT molecular complexity index is 637. The van der Waals surface area contributed by atoms with Gasteiger partial charge in [0.2, 0.25) is 10.0 Å². The molecule has 22 heavy (non-hydrogen) atoms. The Balaban J connectivity index is 1.99. The molecule has 2 rings (SSSR count). The molecule has 0 aliphatic carbocycles. The second-order valence-electron chi connectivity index (χ2n) is 5.75. The molecule has 1 fully saturated rings. The molecule has 2 heterocycles. The number of nitrogens with one attached hydrogen (secondary N) is 1. The lowest BCUT2D eigenvalue weighted by Gasteiger charge is -2.32. The van der Waals surface area contributed by atoms with E-state index in [2.05, 4.69) is 9.71 Å². The fraction of sp³-hybridized carbons (Fsp3) is 0.571. The van der Waals surface area contributed by atoms with Crippen molar-refractivity contribution >= 4 is 21.7 Å².